The summed E-state index contributed by atoms with van der Waals surface area (Å²) in [5.41, 5.74) is 1.96. The van der Waals surface area contributed by atoms with Gasteiger partial charge in [0.1, 0.15) is 0 Å². The van der Waals surface area contributed by atoms with Gasteiger partial charge in [0, 0.05) is 45.5 Å². The Morgan fingerprint density at radius 3 is 2.59 bits per heavy atom. The van der Waals surface area contributed by atoms with E-state index in [1.54, 1.807) is 13.4 Å². The van der Waals surface area contributed by atoms with Gasteiger partial charge in [0.25, 0.3) is 5.56 Å². The van der Waals surface area contributed by atoms with Gasteiger partial charge in [-0.05, 0) is 24.1 Å². The van der Waals surface area contributed by atoms with Crippen LogP contribution in [0, 0.1) is 5.92 Å². The molecule has 1 fully saturated rings. The van der Waals surface area contributed by atoms with Crippen molar-refractivity contribution in [3.8, 4) is 0 Å². The van der Waals surface area contributed by atoms with Gasteiger partial charge in [0.05, 0.1) is 17.2 Å². The molecule has 2 heterocycles. The Morgan fingerprint density at radius 1 is 1.18 bits per heavy atom. The Bertz CT molecular complexity index is 714. The Labute approximate surface area is 131 Å². The minimum atomic E-state index is 0.0123. The fraction of sp³-hybridized carbons (Fsp3) is 0.529. The second kappa shape index (κ2) is 6.08. The van der Waals surface area contributed by atoms with E-state index in [0.29, 0.717) is 11.3 Å². The summed E-state index contributed by atoms with van der Waals surface area (Å²) >= 11 is 0. The summed E-state index contributed by atoms with van der Waals surface area (Å²) < 4.78 is 1.52. The van der Waals surface area contributed by atoms with Crippen LogP contribution in [0.2, 0.25) is 0 Å². The van der Waals surface area contributed by atoms with Gasteiger partial charge < -0.3 is 9.47 Å². The molecule has 22 heavy (non-hydrogen) atoms. The van der Waals surface area contributed by atoms with Crippen LogP contribution in [0.15, 0.2) is 29.3 Å². The molecular formula is C17H24N4O. The van der Waals surface area contributed by atoms with Crippen molar-refractivity contribution in [3.63, 3.8) is 0 Å². The smallest absolute Gasteiger partial charge is 0.260 e. The lowest BCUT2D eigenvalue weighted by Gasteiger charge is -2.36. The number of hydrogen-bond donors (Lipinski definition) is 0. The number of anilines is 1. The summed E-state index contributed by atoms with van der Waals surface area (Å²) in [6.07, 6.45) is 1.59. The van der Waals surface area contributed by atoms with Crippen molar-refractivity contribution in [1.82, 2.24) is 14.5 Å². The van der Waals surface area contributed by atoms with Crippen molar-refractivity contribution < 1.29 is 0 Å². The number of benzene rings is 1. The highest BCUT2D eigenvalue weighted by Crippen LogP contribution is 2.20. The van der Waals surface area contributed by atoms with E-state index in [4.69, 9.17) is 0 Å². The van der Waals surface area contributed by atoms with Crippen LogP contribution >= 0.6 is 0 Å². The zero-order valence-electron chi connectivity index (χ0n) is 13.6. The van der Waals surface area contributed by atoms with E-state index >= 15 is 0 Å². The number of fused-ring (bicyclic) bond motifs is 1. The first-order valence-corrected chi connectivity index (χ1v) is 7.97. The van der Waals surface area contributed by atoms with Crippen LogP contribution in [0.3, 0.4) is 0 Å². The number of rotatable bonds is 3. The molecule has 0 unspecified atom stereocenters. The zero-order chi connectivity index (χ0) is 15.7. The lowest BCUT2D eigenvalue weighted by molar-refractivity contribution is 0.231. The molecule has 5 heteroatoms. The number of hydrogen-bond acceptors (Lipinski definition) is 4. The highest BCUT2D eigenvalue weighted by molar-refractivity contribution is 5.81. The Balaban J connectivity index is 1.78. The Hall–Kier alpha value is -1.88. The van der Waals surface area contributed by atoms with Gasteiger partial charge in [-0.1, -0.05) is 13.8 Å². The van der Waals surface area contributed by atoms with Crippen LogP contribution in [0.25, 0.3) is 10.9 Å². The second-order valence-corrected chi connectivity index (χ2v) is 6.54. The van der Waals surface area contributed by atoms with Crippen LogP contribution < -0.4 is 10.5 Å². The zero-order valence-corrected chi connectivity index (χ0v) is 13.6. The van der Waals surface area contributed by atoms with Crippen molar-refractivity contribution in [2.45, 2.75) is 13.8 Å². The molecule has 0 aliphatic carbocycles. The third-order valence-corrected chi connectivity index (χ3v) is 4.26. The Kier molecular flexibility index (Phi) is 4.16. The molecule has 3 rings (SSSR count). The Morgan fingerprint density at radius 2 is 1.91 bits per heavy atom. The van der Waals surface area contributed by atoms with Crippen molar-refractivity contribution in [1.29, 1.82) is 0 Å². The van der Waals surface area contributed by atoms with E-state index in [1.807, 2.05) is 18.2 Å². The van der Waals surface area contributed by atoms with Gasteiger partial charge in [-0.3, -0.25) is 9.69 Å². The third-order valence-electron chi connectivity index (χ3n) is 4.26. The van der Waals surface area contributed by atoms with Gasteiger partial charge in [-0.2, -0.15) is 0 Å². The highest BCUT2D eigenvalue weighted by atomic mass is 16.1. The average molecular weight is 300 g/mol. The predicted molar refractivity (Wildman–Crippen MR) is 90.5 cm³/mol. The second-order valence-electron chi connectivity index (χ2n) is 6.54. The molecular weight excluding hydrogens is 276 g/mol. The molecule has 0 radical (unpaired) electrons. The molecule has 1 aliphatic rings. The standard InChI is InChI=1S/C17H24N4O/c1-13(2)11-20-6-8-21(9-7-20)14-4-5-15-16(10-14)18-12-19(3)17(15)22/h4-5,10,12-13H,6-9,11H2,1-3H3. The van der Waals surface area contributed by atoms with Crippen LogP contribution in [0.4, 0.5) is 5.69 Å². The molecule has 2 aromatic rings. The molecule has 1 saturated heterocycles. The largest absolute Gasteiger partial charge is 0.369 e. The first kappa shape index (κ1) is 15.0. The van der Waals surface area contributed by atoms with Crippen LogP contribution in [0.5, 0.6) is 0 Å². The summed E-state index contributed by atoms with van der Waals surface area (Å²) in [4.78, 5) is 21.3. The van der Waals surface area contributed by atoms with Crippen molar-refractivity contribution in [2.24, 2.45) is 13.0 Å². The summed E-state index contributed by atoms with van der Waals surface area (Å²) in [5.74, 6) is 0.715. The van der Waals surface area contributed by atoms with E-state index in [2.05, 4.69) is 28.6 Å². The maximum absolute atomic E-state index is 12.1. The SMILES string of the molecule is CC(C)CN1CCN(c2ccc3c(=O)n(C)cnc3c2)CC1. The minimum Gasteiger partial charge on any atom is -0.369 e. The fourth-order valence-corrected chi connectivity index (χ4v) is 3.10. The van der Waals surface area contributed by atoms with Gasteiger partial charge in [0.2, 0.25) is 0 Å². The molecule has 0 spiro atoms. The van der Waals surface area contributed by atoms with E-state index in [0.717, 1.165) is 37.4 Å². The minimum absolute atomic E-state index is 0.0123. The lowest BCUT2D eigenvalue weighted by atomic mass is 10.1. The molecule has 0 amide bonds. The van der Waals surface area contributed by atoms with E-state index in [-0.39, 0.29) is 5.56 Å². The van der Waals surface area contributed by atoms with Crippen molar-refractivity contribution in [2.75, 3.05) is 37.6 Å². The fourth-order valence-electron chi connectivity index (χ4n) is 3.10. The quantitative estimate of drug-likeness (QED) is 0.865. The van der Waals surface area contributed by atoms with E-state index in [9.17, 15) is 4.79 Å². The molecule has 5 nitrogen and oxygen atoms in total. The molecule has 0 bridgehead atoms. The summed E-state index contributed by atoms with van der Waals surface area (Å²) in [6, 6.07) is 5.98. The maximum Gasteiger partial charge on any atom is 0.260 e. The number of nitrogens with zero attached hydrogens (tertiary/aromatic N) is 4. The summed E-state index contributed by atoms with van der Waals surface area (Å²) in [6.45, 7) is 9.96. The molecule has 1 aliphatic heterocycles. The molecule has 0 saturated carbocycles. The molecule has 1 aromatic carbocycles. The van der Waals surface area contributed by atoms with Crippen molar-refractivity contribution in [3.05, 3.63) is 34.9 Å². The monoisotopic (exact) mass is 300 g/mol. The van der Waals surface area contributed by atoms with Gasteiger partial charge >= 0.3 is 0 Å². The van der Waals surface area contributed by atoms with Gasteiger partial charge in [-0.25, -0.2) is 4.98 Å². The number of piperazine rings is 1. The summed E-state index contributed by atoms with van der Waals surface area (Å²) in [7, 11) is 1.73. The third kappa shape index (κ3) is 2.99. The molecule has 1 aromatic heterocycles. The van der Waals surface area contributed by atoms with Crippen LogP contribution in [-0.2, 0) is 7.05 Å². The van der Waals surface area contributed by atoms with Gasteiger partial charge in [0.15, 0.2) is 0 Å². The first-order chi connectivity index (χ1) is 10.5. The predicted octanol–water partition coefficient (Wildman–Crippen LogP) is 1.71. The van der Waals surface area contributed by atoms with Crippen LogP contribution in [0.1, 0.15) is 13.8 Å². The number of aryl methyl sites for hydroxylation is 1. The molecule has 0 atom stereocenters. The number of aromatic nitrogens is 2. The van der Waals surface area contributed by atoms with E-state index in [1.165, 1.54) is 11.1 Å². The molecule has 118 valence electrons. The normalized spacial score (nSPS) is 16.6. The van der Waals surface area contributed by atoms with E-state index < -0.39 is 0 Å². The average Bonchev–Trinajstić information content (AvgIpc) is 2.51. The lowest BCUT2D eigenvalue weighted by Crippen LogP contribution is -2.47. The summed E-state index contributed by atoms with van der Waals surface area (Å²) in [5, 5.41) is 0.687. The maximum atomic E-state index is 12.1. The topological polar surface area (TPSA) is 41.4 Å². The highest BCUT2D eigenvalue weighted by Gasteiger charge is 2.18. The first-order valence-electron chi connectivity index (χ1n) is 7.97. The van der Waals surface area contributed by atoms with Crippen LogP contribution in [-0.4, -0.2) is 47.2 Å². The van der Waals surface area contributed by atoms with Gasteiger partial charge in [-0.15, -0.1) is 0 Å². The van der Waals surface area contributed by atoms with Crippen molar-refractivity contribution >= 4 is 16.6 Å². The molecule has 0 N–H and O–H groups in total.